The minimum absolute atomic E-state index is 0.168. The smallest absolute Gasteiger partial charge is 0.267 e. The number of hydrogen-bond donors (Lipinski definition) is 0. The van der Waals surface area contributed by atoms with Crippen molar-refractivity contribution >= 4 is 68.4 Å². The summed E-state index contributed by atoms with van der Waals surface area (Å²) in [6.45, 7) is 5.14. The Morgan fingerprint density at radius 2 is 1.20 bits per heavy atom. The van der Waals surface area contributed by atoms with Gasteiger partial charge in [0, 0.05) is 13.1 Å². The number of hydrogen-bond acceptors (Lipinski definition) is 6. The maximum absolute atomic E-state index is 12.3. The number of carbonyl (C=O) groups excluding carboxylic acids is 2. The van der Waals surface area contributed by atoms with Crippen molar-refractivity contribution < 1.29 is 9.59 Å². The molecule has 2 fully saturated rings. The number of rotatable bonds is 4. The normalized spacial score (nSPS) is 23.5. The van der Waals surface area contributed by atoms with Crippen LogP contribution in [0.25, 0.3) is 0 Å². The first kappa shape index (κ1) is 15.9. The minimum atomic E-state index is -0.168. The van der Waals surface area contributed by atoms with E-state index < -0.39 is 0 Å². The Kier molecular flexibility index (Phi) is 5.22. The SMILES string of the molecule is CCCN1C(=O)/C(=C2\SC(=S)N(CCC)C2=O)SC1=S. The Bertz CT molecular complexity index is 484. The molecule has 0 spiro atoms. The number of amides is 2. The molecule has 0 unspecified atom stereocenters. The van der Waals surface area contributed by atoms with E-state index in [1.165, 1.54) is 23.5 Å². The van der Waals surface area contributed by atoms with Gasteiger partial charge < -0.3 is 0 Å². The van der Waals surface area contributed by atoms with Gasteiger partial charge in [0.2, 0.25) is 0 Å². The van der Waals surface area contributed by atoms with Crippen LogP contribution in [0.5, 0.6) is 0 Å². The van der Waals surface area contributed by atoms with Crippen LogP contribution >= 0.6 is 48.0 Å². The molecular weight excluding hydrogens is 332 g/mol. The molecule has 2 amide bonds. The number of thioether (sulfide) groups is 2. The third-order valence-corrected chi connectivity index (χ3v) is 5.82. The molecule has 0 radical (unpaired) electrons. The zero-order valence-electron chi connectivity index (χ0n) is 11.2. The zero-order chi connectivity index (χ0) is 14.9. The summed E-state index contributed by atoms with van der Waals surface area (Å²) >= 11 is 12.8. The van der Waals surface area contributed by atoms with Crippen molar-refractivity contribution in [2.24, 2.45) is 0 Å². The van der Waals surface area contributed by atoms with Gasteiger partial charge in [-0.05, 0) is 12.8 Å². The molecule has 0 aromatic rings. The van der Waals surface area contributed by atoms with Crippen LogP contribution in [0, 0.1) is 0 Å². The summed E-state index contributed by atoms with van der Waals surface area (Å²) in [6, 6.07) is 0. The number of nitrogens with zero attached hydrogens (tertiary/aromatic N) is 2. The average molecular weight is 347 g/mol. The molecule has 2 saturated heterocycles. The van der Waals surface area contributed by atoms with Gasteiger partial charge in [-0.3, -0.25) is 19.4 Å². The van der Waals surface area contributed by atoms with Crippen molar-refractivity contribution in [3.8, 4) is 0 Å². The van der Waals surface area contributed by atoms with Gasteiger partial charge in [-0.25, -0.2) is 0 Å². The van der Waals surface area contributed by atoms with Crippen LogP contribution in [0.3, 0.4) is 0 Å². The van der Waals surface area contributed by atoms with Crippen molar-refractivity contribution in [1.29, 1.82) is 0 Å². The third-order valence-electron chi connectivity index (χ3n) is 2.80. The molecule has 0 atom stereocenters. The van der Waals surface area contributed by atoms with Crippen molar-refractivity contribution in [2.45, 2.75) is 26.7 Å². The first-order chi connectivity index (χ1) is 9.51. The van der Waals surface area contributed by atoms with Gasteiger partial charge in [0.25, 0.3) is 11.8 Å². The standard InChI is InChI=1S/C12H14N2O2S4/c1-3-5-13-9(15)7(19-11(13)17)8-10(16)14(6-4-2)12(18)20-8/h3-6H2,1-2H3/b8-7+. The summed E-state index contributed by atoms with van der Waals surface area (Å²) < 4.78 is 1.04. The predicted molar refractivity (Wildman–Crippen MR) is 91.4 cm³/mol. The van der Waals surface area contributed by atoms with E-state index >= 15 is 0 Å². The van der Waals surface area contributed by atoms with Crippen molar-refractivity contribution in [2.75, 3.05) is 13.1 Å². The lowest BCUT2D eigenvalue weighted by molar-refractivity contribution is -0.124. The van der Waals surface area contributed by atoms with E-state index in [0.717, 1.165) is 12.8 Å². The Balaban J connectivity index is 2.31. The van der Waals surface area contributed by atoms with Crippen molar-refractivity contribution in [3.05, 3.63) is 9.81 Å². The molecule has 0 bridgehead atoms. The fourth-order valence-electron chi connectivity index (χ4n) is 1.90. The molecule has 0 aliphatic carbocycles. The van der Waals surface area contributed by atoms with Gasteiger partial charge in [0.05, 0.1) is 9.81 Å². The molecule has 2 heterocycles. The monoisotopic (exact) mass is 346 g/mol. The lowest BCUT2D eigenvalue weighted by atomic mass is 10.3. The lowest BCUT2D eigenvalue weighted by Crippen LogP contribution is -2.30. The highest BCUT2D eigenvalue weighted by Crippen LogP contribution is 2.42. The fraction of sp³-hybridized carbons (Fsp3) is 0.500. The number of thiocarbonyl (C=S) groups is 2. The van der Waals surface area contributed by atoms with Gasteiger partial charge >= 0.3 is 0 Å². The maximum atomic E-state index is 12.3. The summed E-state index contributed by atoms with van der Waals surface area (Å²) in [5.41, 5.74) is 0. The second-order valence-corrected chi connectivity index (χ2v) is 7.60. The van der Waals surface area contributed by atoms with Crippen molar-refractivity contribution in [1.82, 2.24) is 9.80 Å². The molecule has 108 valence electrons. The summed E-state index contributed by atoms with van der Waals surface area (Å²) in [6.07, 6.45) is 1.66. The molecule has 0 aromatic carbocycles. The first-order valence-electron chi connectivity index (χ1n) is 6.32. The predicted octanol–water partition coefficient (Wildman–Crippen LogP) is 2.74. The highest BCUT2D eigenvalue weighted by molar-refractivity contribution is 8.29. The van der Waals surface area contributed by atoms with E-state index in [2.05, 4.69) is 0 Å². The maximum Gasteiger partial charge on any atom is 0.267 e. The molecule has 2 aliphatic rings. The highest BCUT2D eigenvalue weighted by Gasteiger charge is 2.41. The summed E-state index contributed by atoms with van der Waals surface area (Å²) in [7, 11) is 0. The quantitative estimate of drug-likeness (QED) is 0.576. The minimum Gasteiger partial charge on any atom is -0.293 e. The van der Waals surface area contributed by atoms with Crippen LogP contribution in [0.4, 0.5) is 0 Å². The fourth-order valence-corrected chi connectivity index (χ4v) is 4.67. The molecule has 0 aromatic heterocycles. The van der Waals surface area contributed by atoms with Gasteiger partial charge in [-0.2, -0.15) is 0 Å². The largest absolute Gasteiger partial charge is 0.293 e. The first-order valence-corrected chi connectivity index (χ1v) is 8.77. The van der Waals surface area contributed by atoms with E-state index in [9.17, 15) is 9.59 Å². The van der Waals surface area contributed by atoms with Crippen molar-refractivity contribution in [3.63, 3.8) is 0 Å². The Morgan fingerprint density at radius 3 is 1.50 bits per heavy atom. The molecule has 2 aliphatic heterocycles. The van der Waals surface area contributed by atoms with E-state index in [-0.39, 0.29) is 11.8 Å². The van der Waals surface area contributed by atoms with Gasteiger partial charge in [-0.15, -0.1) is 0 Å². The molecule has 4 nitrogen and oxygen atoms in total. The van der Waals surface area contributed by atoms with E-state index in [4.69, 9.17) is 24.4 Å². The van der Waals surface area contributed by atoms with Crippen LogP contribution in [0.1, 0.15) is 26.7 Å². The zero-order valence-corrected chi connectivity index (χ0v) is 14.4. The second kappa shape index (κ2) is 6.55. The highest BCUT2D eigenvalue weighted by atomic mass is 32.2. The van der Waals surface area contributed by atoms with Gasteiger partial charge in [0.1, 0.15) is 8.64 Å². The van der Waals surface area contributed by atoms with Crippen LogP contribution in [0.2, 0.25) is 0 Å². The summed E-state index contributed by atoms with van der Waals surface area (Å²) in [4.78, 5) is 28.7. The average Bonchev–Trinajstić information content (AvgIpc) is 2.84. The third kappa shape index (κ3) is 2.79. The second-order valence-electron chi connectivity index (χ2n) is 4.31. The Labute approximate surface area is 137 Å². The van der Waals surface area contributed by atoms with Crippen LogP contribution in [-0.4, -0.2) is 43.3 Å². The van der Waals surface area contributed by atoms with Gasteiger partial charge in [0.15, 0.2) is 0 Å². The Hall–Kier alpha value is -0.440. The molecule has 0 saturated carbocycles. The molecular formula is C12H14N2O2S4. The van der Waals surface area contributed by atoms with Gasteiger partial charge in [-0.1, -0.05) is 61.8 Å². The summed E-state index contributed by atoms with van der Waals surface area (Å²) in [5.74, 6) is -0.335. The van der Waals surface area contributed by atoms with Crippen LogP contribution in [0.15, 0.2) is 9.81 Å². The van der Waals surface area contributed by atoms with Crippen LogP contribution in [-0.2, 0) is 9.59 Å². The Morgan fingerprint density at radius 1 is 0.850 bits per heavy atom. The molecule has 20 heavy (non-hydrogen) atoms. The summed E-state index contributed by atoms with van der Waals surface area (Å²) in [5, 5.41) is 0. The molecule has 2 rings (SSSR count). The lowest BCUT2D eigenvalue weighted by Gasteiger charge is -2.12. The van der Waals surface area contributed by atoms with E-state index in [0.29, 0.717) is 31.5 Å². The molecule has 8 heteroatoms. The molecule has 0 N–H and O–H groups in total. The topological polar surface area (TPSA) is 40.6 Å². The van der Waals surface area contributed by atoms with E-state index in [1.807, 2.05) is 13.8 Å². The van der Waals surface area contributed by atoms with E-state index in [1.54, 1.807) is 9.80 Å². The van der Waals surface area contributed by atoms with Crippen LogP contribution < -0.4 is 0 Å². The number of carbonyl (C=O) groups is 2.